The topological polar surface area (TPSA) is 102 Å². The van der Waals surface area contributed by atoms with Gasteiger partial charge in [0.25, 0.3) is 5.91 Å². The summed E-state index contributed by atoms with van der Waals surface area (Å²) in [7, 11) is -3.49. The van der Waals surface area contributed by atoms with Crippen LogP contribution in [0.4, 0.5) is 0 Å². The van der Waals surface area contributed by atoms with E-state index in [-0.39, 0.29) is 28.4 Å². The first-order valence-corrected chi connectivity index (χ1v) is 12.9. The van der Waals surface area contributed by atoms with Gasteiger partial charge in [0.1, 0.15) is 12.0 Å². The minimum absolute atomic E-state index is 0.230. The summed E-state index contributed by atoms with van der Waals surface area (Å²) in [6, 6.07) is 6.61. The van der Waals surface area contributed by atoms with Crippen LogP contribution in [0.2, 0.25) is 0 Å². The molecule has 0 bridgehead atoms. The Balaban J connectivity index is 1.45. The van der Waals surface area contributed by atoms with Gasteiger partial charge in [-0.1, -0.05) is 6.42 Å². The number of hydrogen-bond acceptors (Lipinski definition) is 6. The van der Waals surface area contributed by atoms with Crippen LogP contribution in [0.1, 0.15) is 49.5 Å². The van der Waals surface area contributed by atoms with Gasteiger partial charge in [0.2, 0.25) is 10.0 Å². The molecule has 3 heterocycles. The molecule has 178 valence electrons. The summed E-state index contributed by atoms with van der Waals surface area (Å²) in [4.78, 5) is 31.2. The van der Waals surface area contributed by atoms with Gasteiger partial charge in [-0.3, -0.25) is 9.59 Å². The lowest BCUT2D eigenvalue weighted by atomic mass is 9.98. The van der Waals surface area contributed by atoms with E-state index in [9.17, 15) is 18.0 Å². The molecule has 2 aromatic rings. The second kappa shape index (κ2) is 10.0. The number of piperidine rings is 2. The second-order valence-electron chi connectivity index (χ2n) is 8.47. The van der Waals surface area contributed by atoms with E-state index < -0.39 is 10.0 Å². The third-order valence-electron chi connectivity index (χ3n) is 6.22. The van der Waals surface area contributed by atoms with Crippen LogP contribution in [-0.2, 0) is 19.6 Å². The summed E-state index contributed by atoms with van der Waals surface area (Å²) >= 11 is 0. The Kier molecular flexibility index (Phi) is 7.14. The molecule has 0 spiro atoms. The van der Waals surface area contributed by atoms with Gasteiger partial charge in [0.15, 0.2) is 0 Å². The van der Waals surface area contributed by atoms with E-state index in [1.54, 1.807) is 51.2 Å². The summed E-state index contributed by atoms with van der Waals surface area (Å²) in [5.41, 5.74) is 0.992. The summed E-state index contributed by atoms with van der Waals surface area (Å²) in [5.74, 6) is -0.800. The van der Waals surface area contributed by atoms with E-state index in [1.807, 2.05) is 0 Å². The van der Waals surface area contributed by atoms with Gasteiger partial charge in [-0.05, 0) is 56.9 Å². The van der Waals surface area contributed by atoms with Crippen LogP contribution in [0.3, 0.4) is 0 Å². The number of sulfonamides is 1. The fourth-order valence-corrected chi connectivity index (χ4v) is 5.91. The van der Waals surface area contributed by atoms with Crippen molar-refractivity contribution in [1.29, 1.82) is 0 Å². The molecule has 0 aliphatic carbocycles. The van der Waals surface area contributed by atoms with Gasteiger partial charge in [-0.25, -0.2) is 13.4 Å². The van der Waals surface area contributed by atoms with Crippen molar-refractivity contribution < 1.29 is 22.7 Å². The van der Waals surface area contributed by atoms with Crippen molar-refractivity contribution in [2.75, 3.05) is 32.8 Å². The Bertz CT molecular complexity index is 1090. The number of benzene rings is 1. The predicted molar refractivity (Wildman–Crippen MR) is 121 cm³/mol. The third kappa shape index (κ3) is 5.11. The highest BCUT2D eigenvalue weighted by Crippen LogP contribution is 2.23. The average molecular weight is 475 g/mol. The average Bonchev–Trinajstić information content (AvgIpc) is 3.35. The maximum atomic E-state index is 12.9. The maximum Gasteiger partial charge on any atom is 0.310 e. The first kappa shape index (κ1) is 23.4. The molecule has 1 atom stereocenters. The lowest BCUT2D eigenvalue weighted by Gasteiger charge is -2.31. The molecular formula is C23H30N4O5S. The van der Waals surface area contributed by atoms with Crippen LogP contribution in [0, 0.1) is 5.92 Å². The summed E-state index contributed by atoms with van der Waals surface area (Å²) in [5, 5.41) is 0. The van der Waals surface area contributed by atoms with Crippen molar-refractivity contribution in [3.05, 3.63) is 42.5 Å². The Morgan fingerprint density at radius 2 is 1.79 bits per heavy atom. The Labute approximate surface area is 194 Å². The SMILES string of the molecule is CCOC(=O)[C@H]1CCCN(C(=O)c2cn(-c3ccc(S(=O)(=O)N4CCCCC4)cc3)cn2)C1. The molecule has 33 heavy (non-hydrogen) atoms. The summed E-state index contributed by atoms with van der Waals surface area (Å²) < 4.78 is 34.0. The highest BCUT2D eigenvalue weighted by Gasteiger charge is 2.31. The van der Waals surface area contributed by atoms with E-state index in [0.29, 0.717) is 44.9 Å². The Morgan fingerprint density at radius 3 is 2.48 bits per heavy atom. The number of amides is 1. The van der Waals surface area contributed by atoms with E-state index in [0.717, 1.165) is 25.7 Å². The number of carbonyl (C=O) groups excluding carboxylic acids is 2. The molecule has 0 saturated carbocycles. The number of nitrogens with zero attached hydrogens (tertiary/aromatic N) is 4. The highest BCUT2D eigenvalue weighted by molar-refractivity contribution is 7.89. The minimum Gasteiger partial charge on any atom is -0.466 e. The van der Waals surface area contributed by atoms with E-state index in [2.05, 4.69) is 4.98 Å². The highest BCUT2D eigenvalue weighted by atomic mass is 32.2. The lowest BCUT2D eigenvalue weighted by molar-refractivity contribution is -0.149. The van der Waals surface area contributed by atoms with Crippen LogP contribution in [0.25, 0.3) is 5.69 Å². The number of likely N-dealkylation sites (tertiary alicyclic amines) is 1. The molecule has 1 aromatic carbocycles. The summed E-state index contributed by atoms with van der Waals surface area (Å²) in [6.45, 7) is 4.12. The normalized spacial score (nSPS) is 19.9. The number of imidazole rings is 1. The van der Waals surface area contributed by atoms with Gasteiger partial charge >= 0.3 is 5.97 Å². The third-order valence-corrected chi connectivity index (χ3v) is 8.13. The largest absolute Gasteiger partial charge is 0.466 e. The first-order chi connectivity index (χ1) is 15.9. The van der Waals surface area contributed by atoms with Crippen molar-refractivity contribution >= 4 is 21.9 Å². The number of rotatable bonds is 6. The predicted octanol–water partition coefficient (Wildman–Crippen LogP) is 2.46. The zero-order valence-corrected chi connectivity index (χ0v) is 19.7. The molecular weight excluding hydrogens is 444 g/mol. The molecule has 1 aromatic heterocycles. The molecule has 0 N–H and O–H groups in total. The van der Waals surface area contributed by atoms with Crippen molar-refractivity contribution in [3.8, 4) is 5.69 Å². The molecule has 4 rings (SSSR count). The van der Waals surface area contributed by atoms with Crippen LogP contribution in [0.15, 0.2) is 41.7 Å². The van der Waals surface area contributed by atoms with Crippen molar-refractivity contribution in [1.82, 2.24) is 18.8 Å². The number of aromatic nitrogens is 2. The van der Waals surface area contributed by atoms with E-state index >= 15 is 0 Å². The smallest absolute Gasteiger partial charge is 0.310 e. The zero-order valence-electron chi connectivity index (χ0n) is 18.9. The molecule has 2 aliphatic rings. The minimum atomic E-state index is -3.49. The van der Waals surface area contributed by atoms with Crippen molar-refractivity contribution in [3.63, 3.8) is 0 Å². The molecule has 9 nitrogen and oxygen atoms in total. The van der Waals surface area contributed by atoms with Crippen LogP contribution in [0.5, 0.6) is 0 Å². The second-order valence-corrected chi connectivity index (χ2v) is 10.4. The summed E-state index contributed by atoms with van der Waals surface area (Å²) in [6.07, 6.45) is 7.46. The van der Waals surface area contributed by atoms with Crippen molar-refractivity contribution in [2.24, 2.45) is 5.92 Å². The Morgan fingerprint density at radius 1 is 1.06 bits per heavy atom. The van der Waals surface area contributed by atoms with Gasteiger partial charge in [-0.15, -0.1) is 0 Å². The molecule has 1 amide bonds. The number of carbonyl (C=O) groups is 2. The fraction of sp³-hybridized carbons (Fsp3) is 0.522. The number of esters is 1. The molecule has 0 unspecified atom stereocenters. The van der Waals surface area contributed by atoms with Crippen molar-refractivity contribution in [2.45, 2.75) is 43.9 Å². The van der Waals surface area contributed by atoms with Gasteiger partial charge in [-0.2, -0.15) is 4.31 Å². The Hall–Kier alpha value is -2.72. The van der Waals surface area contributed by atoms with Gasteiger partial charge in [0.05, 0.1) is 17.4 Å². The molecule has 2 aliphatic heterocycles. The van der Waals surface area contributed by atoms with Crippen LogP contribution >= 0.6 is 0 Å². The number of hydrogen-bond donors (Lipinski definition) is 0. The fourth-order valence-electron chi connectivity index (χ4n) is 4.40. The molecule has 10 heteroatoms. The monoisotopic (exact) mass is 474 g/mol. The standard InChI is InChI=1S/C23H30N4O5S/c1-2-32-23(29)18-7-6-12-25(15-18)22(28)21-16-26(17-24-21)19-8-10-20(11-9-19)33(30,31)27-13-4-3-5-14-27/h8-11,16-18H,2-7,12-15H2,1H3/t18-/m0/s1. The molecule has 2 fully saturated rings. The van der Waals surface area contributed by atoms with Crippen LogP contribution < -0.4 is 0 Å². The van der Waals surface area contributed by atoms with Crippen LogP contribution in [-0.4, -0.2) is 71.8 Å². The van der Waals surface area contributed by atoms with Gasteiger partial charge < -0.3 is 14.2 Å². The van der Waals surface area contributed by atoms with E-state index in [4.69, 9.17) is 4.74 Å². The van der Waals surface area contributed by atoms with Gasteiger partial charge in [0, 0.05) is 38.1 Å². The molecule has 0 radical (unpaired) electrons. The quantitative estimate of drug-likeness (QED) is 0.596. The van der Waals surface area contributed by atoms with E-state index in [1.165, 1.54) is 6.33 Å². The first-order valence-electron chi connectivity index (χ1n) is 11.5. The zero-order chi connectivity index (χ0) is 23.4. The number of ether oxygens (including phenoxy) is 1. The maximum absolute atomic E-state index is 12.9. The molecule has 2 saturated heterocycles. The lowest BCUT2D eigenvalue weighted by Crippen LogP contribution is -2.43.